The minimum atomic E-state index is -4.94. The lowest BCUT2D eigenvalue weighted by molar-refractivity contribution is -2.00. The predicted molar refractivity (Wildman–Crippen MR) is 57.6 cm³/mol. The maximum Gasteiger partial charge on any atom is 0.478 e. The molecule has 124 valence electrons. The zero-order valence-corrected chi connectivity index (χ0v) is 12.4. The van der Waals surface area contributed by atoms with Crippen LogP contribution in [0.1, 0.15) is 0 Å². The molecule has 2 rings (SSSR count). The second kappa shape index (κ2) is 8.68. The van der Waals surface area contributed by atoms with Crippen molar-refractivity contribution in [1.29, 1.82) is 0 Å². The van der Waals surface area contributed by atoms with Crippen LogP contribution in [0.15, 0.2) is 24.5 Å². The van der Waals surface area contributed by atoms with Crippen LogP contribution in [0.2, 0.25) is 0 Å². The molecule has 0 spiro atoms. The number of hydrogen-bond acceptors (Lipinski definition) is 8. The molecule has 2 heterocycles. The lowest BCUT2D eigenvalue weighted by Gasteiger charge is -2.23. The van der Waals surface area contributed by atoms with E-state index in [1.165, 1.54) is 4.73 Å². The molecule has 1 aromatic heterocycles. The Hall–Kier alpha value is -1.69. The number of amides is 1. The van der Waals surface area contributed by atoms with Crippen LogP contribution in [0, 0.1) is 10.2 Å². The van der Waals surface area contributed by atoms with Crippen molar-refractivity contribution in [2.24, 2.45) is 0 Å². The van der Waals surface area contributed by atoms with E-state index in [0.717, 1.165) is 0 Å². The molecule has 1 aromatic rings. The molecule has 0 aliphatic carbocycles. The number of methoxy groups -OCH3 is 1. The molecule has 1 amide bonds. The molecule has 1 fully saturated rings. The zero-order valence-electron chi connectivity index (χ0n) is 11.7. The minimum absolute atomic E-state index is 0.372. The van der Waals surface area contributed by atoms with Crippen molar-refractivity contribution in [3.8, 4) is 5.75 Å². The van der Waals surface area contributed by atoms with Gasteiger partial charge in [0.25, 0.3) is 0 Å². The molecule has 0 saturated carbocycles. The molecule has 0 aromatic carbocycles. The molecule has 22 heavy (non-hydrogen) atoms. The molecule has 10 nitrogen and oxygen atoms in total. The molecule has 0 bridgehead atoms. The van der Waals surface area contributed by atoms with E-state index in [1.54, 1.807) is 36.5 Å². The van der Waals surface area contributed by atoms with Crippen LogP contribution in [-0.2, 0) is 4.74 Å². The quantitative estimate of drug-likeness (QED) is 0.488. The SMILES string of the molecule is COc1cc[n+](OC(=O)N2CCOCC2)cc1.[O-][Cl+3]([O-])([O-])[O-]. The van der Waals surface area contributed by atoms with Crippen molar-refractivity contribution in [2.45, 2.75) is 0 Å². The van der Waals surface area contributed by atoms with Crippen LogP contribution in [0.5, 0.6) is 5.75 Å². The number of pyridine rings is 1. The summed E-state index contributed by atoms with van der Waals surface area (Å²) in [5.74, 6) is 0.712. The first-order valence-corrected chi connectivity index (χ1v) is 7.25. The summed E-state index contributed by atoms with van der Waals surface area (Å²) in [6.07, 6.45) is 2.87. The highest BCUT2D eigenvalue weighted by Crippen LogP contribution is 2.03. The Labute approximate surface area is 128 Å². The highest BCUT2D eigenvalue weighted by atomic mass is 35.7. The summed E-state index contributed by atoms with van der Waals surface area (Å²) in [5.41, 5.74) is 0. The standard InChI is InChI=1S/C11H15N2O4.ClHO4/c1-15-10-2-4-13(5-3-10)17-11(14)12-6-8-16-9-7-12;2-1(3,4)5/h2-5H,6-9H2,1H3;(H,2,3,4,5)/q+1;/p-1. The van der Waals surface area contributed by atoms with Gasteiger partial charge in [0, 0.05) is 30.0 Å². The van der Waals surface area contributed by atoms with Gasteiger partial charge in [-0.25, -0.2) is 23.4 Å². The fourth-order valence-electron chi connectivity index (χ4n) is 1.49. The van der Waals surface area contributed by atoms with Crippen molar-refractivity contribution in [3.05, 3.63) is 24.5 Å². The van der Waals surface area contributed by atoms with Gasteiger partial charge in [-0.2, -0.15) is 4.84 Å². The molecular weight excluding hydrogens is 324 g/mol. The van der Waals surface area contributed by atoms with Gasteiger partial charge in [0.2, 0.25) is 12.4 Å². The third-order valence-electron chi connectivity index (χ3n) is 2.46. The Bertz CT molecular complexity index is 452. The molecule has 0 unspecified atom stereocenters. The Morgan fingerprint density at radius 2 is 1.73 bits per heavy atom. The number of aromatic nitrogens is 1. The second-order valence-electron chi connectivity index (χ2n) is 3.93. The summed E-state index contributed by atoms with van der Waals surface area (Å²) in [4.78, 5) is 18.5. The minimum Gasteiger partial charge on any atom is -0.496 e. The molecule has 0 N–H and O–H groups in total. The van der Waals surface area contributed by atoms with Crippen molar-refractivity contribution < 1.29 is 52.7 Å². The van der Waals surface area contributed by atoms with Crippen molar-refractivity contribution in [3.63, 3.8) is 0 Å². The van der Waals surface area contributed by atoms with Crippen LogP contribution in [0.4, 0.5) is 4.79 Å². The van der Waals surface area contributed by atoms with E-state index in [1.807, 2.05) is 0 Å². The number of nitrogens with zero attached hydrogens (tertiary/aromatic N) is 2. The monoisotopic (exact) mass is 338 g/mol. The number of ether oxygens (including phenoxy) is 2. The van der Waals surface area contributed by atoms with E-state index < -0.39 is 10.2 Å². The molecule has 1 aliphatic heterocycles. The van der Waals surface area contributed by atoms with Gasteiger partial charge in [-0.3, -0.25) is 4.90 Å². The Kier molecular flexibility index (Phi) is 7.24. The third kappa shape index (κ3) is 7.93. The highest BCUT2D eigenvalue weighted by molar-refractivity contribution is 5.67. The topological polar surface area (TPSA) is 144 Å². The van der Waals surface area contributed by atoms with E-state index in [-0.39, 0.29) is 6.09 Å². The highest BCUT2D eigenvalue weighted by Gasteiger charge is 2.22. The van der Waals surface area contributed by atoms with Gasteiger partial charge in [0.1, 0.15) is 5.75 Å². The number of carbonyl (C=O) groups is 1. The van der Waals surface area contributed by atoms with Gasteiger partial charge in [0.15, 0.2) is 0 Å². The van der Waals surface area contributed by atoms with Crippen LogP contribution >= 0.6 is 0 Å². The summed E-state index contributed by atoms with van der Waals surface area (Å²) < 4.78 is 45.5. The first kappa shape index (κ1) is 18.4. The summed E-state index contributed by atoms with van der Waals surface area (Å²) in [6, 6.07) is 3.43. The van der Waals surface area contributed by atoms with Gasteiger partial charge in [-0.05, 0) is 0 Å². The number of halogens is 1. The molecular formula is C11H15ClN2O8. The number of hydrogen-bond donors (Lipinski definition) is 0. The van der Waals surface area contributed by atoms with E-state index in [4.69, 9.17) is 32.9 Å². The first-order chi connectivity index (χ1) is 10.3. The molecule has 1 saturated heterocycles. The van der Waals surface area contributed by atoms with Gasteiger partial charge >= 0.3 is 6.09 Å². The molecule has 1 aliphatic rings. The Morgan fingerprint density at radius 1 is 1.23 bits per heavy atom. The van der Waals surface area contributed by atoms with Crippen LogP contribution in [-0.4, -0.2) is 44.4 Å². The predicted octanol–water partition coefficient (Wildman–Crippen LogP) is -4.89. The normalized spacial score (nSPS) is 14.7. The third-order valence-corrected chi connectivity index (χ3v) is 2.46. The van der Waals surface area contributed by atoms with Crippen LogP contribution < -0.4 is 32.9 Å². The first-order valence-electron chi connectivity index (χ1n) is 6.01. The fraction of sp³-hybridized carbons (Fsp3) is 0.455. The van der Waals surface area contributed by atoms with E-state index in [9.17, 15) is 4.79 Å². The number of rotatable bonds is 2. The maximum atomic E-state index is 11.7. The fourth-order valence-corrected chi connectivity index (χ4v) is 1.49. The molecule has 11 heteroatoms. The summed E-state index contributed by atoms with van der Waals surface area (Å²) >= 11 is 0. The average Bonchev–Trinajstić information content (AvgIpc) is 2.47. The van der Waals surface area contributed by atoms with Gasteiger partial charge in [0.05, 0.1) is 20.3 Å². The number of carbonyl (C=O) groups excluding carboxylic acids is 1. The zero-order chi connectivity index (χ0) is 16.6. The van der Waals surface area contributed by atoms with Gasteiger partial charge in [-0.15, -0.1) is 10.2 Å². The lowest BCUT2D eigenvalue weighted by Crippen LogP contribution is -2.68. The summed E-state index contributed by atoms with van der Waals surface area (Å²) in [5, 5.41) is 0. The van der Waals surface area contributed by atoms with Crippen LogP contribution in [0.3, 0.4) is 0 Å². The van der Waals surface area contributed by atoms with Crippen LogP contribution in [0.25, 0.3) is 0 Å². The van der Waals surface area contributed by atoms with Crippen molar-refractivity contribution in [2.75, 3.05) is 33.4 Å². The van der Waals surface area contributed by atoms with E-state index in [0.29, 0.717) is 32.1 Å². The lowest BCUT2D eigenvalue weighted by atomic mass is 10.4. The van der Waals surface area contributed by atoms with E-state index in [2.05, 4.69) is 0 Å². The van der Waals surface area contributed by atoms with Gasteiger partial charge < -0.3 is 9.47 Å². The number of morpholine rings is 1. The largest absolute Gasteiger partial charge is 0.496 e. The maximum absolute atomic E-state index is 11.7. The van der Waals surface area contributed by atoms with Gasteiger partial charge in [-0.1, -0.05) is 0 Å². The Morgan fingerprint density at radius 3 is 2.18 bits per heavy atom. The summed E-state index contributed by atoms with van der Waals surface area (Å²) in [6.45, 7) is 2.25. The smallest absolute Gasteiger partial charge is 0.478 e. The van der Waals surface area contributed by atoms with Crippen molar-refractivity contribution >= 4 is 6.09 Å². The second-order valence-corrected chi connectivity index (χ2v) is 4.69. The molecule has 0 atom stereocenters. The van der Waals surface area contributed by atoms with Crippen molar-refractivity contribution in [1.82, 2.24) is 4.90 Å². The van der Waals surface area contributed by atoms with E-state index >= 15 is 0 Å². The molecule has 0 radical (unpaired) electrons. The summed E-state index contributed by atoms with van der Waals surface area (Å²) in [7, 11) is -3.36. The Balaban J connectivity index is 0.000000422. The average molecular weight is 339 g/mol.